The predicted octanol–water partition coefficient (Wildman–Crippen LogP) is 1.32. The molecule has 0 aromatic carbocycles. The van der Waals surface area contributed by atoms with Crippen LogP contribution in [-0.4, -0.2) is 38.6 Å². The van der Waals surface area contributed by atoms with E-state index in [1.54, 1.807) is 6.92 Å². The lowest BCUT2D eigenvalue weighted by Crippen LogP contribution is -2.47. The van der Waals surface area contributed by atoms with Gasteiger partial charge in [-0.2, -0.15) is 13.2 Å². The number of nitrogens with two attached hydrogens (primary N) is 1. The van der Waals surface area contributed by atoms with Crippen molar-refractivity contribution in [3.05, 3.63) is 0 Å². The molecule has 0 radical (unpaired) electrons. The summed E-state index contributed by atoms with van der Waals surface area (Å²) in [6.07, 6.45) is -6.09. The lowest BCUT2D eigenvalue weighted by molar-refractivity contribution is -0.228. The predicted molar refractivity (Wildman–Crippen MR) is 45.9 cm³/mol. The molecule has 86 valence electrons. The van der Waals surface area contributed by atoms with E-state index < -0.39 is 18.3 Å². The largest absolute Gasteiger partial charge is 0.416 e. The first-order valence-electron chi connectivity index (χ1n) is 4.36. The first-order chi connectivity index (χ1) is 6.43. The second kappa shape index (κ2) is 6.21. The van der Waals surface area contributed by atoms with E-state index in [9.17, 15) is 13.2 Å². The van der Waals surface area contributed by atoms with Crippen molar-refractivity contribution in [1.29, 1.82) is 0 Å². The molecule has 0 saturated heterocycles. The Hall–Kier alpha value is -0.330. The van der Waals surface area contributed by atoms with Crippen molar-refractivity contribution in [2.75, 3.05) is 20.3 Å². The minimum Gasteiger partial charge on any atom is -0.382 e. The van der Waals surface area contributed by atoms with Gasteiger partial charge < -0.3 is 15.2 Å². The Labute approximate surface area is 81.4 Å². The van der Waals surface area contributed by atoms with E-state index in [-0.39, 0.29) is 19.6 Å². The van der Waals surface area contributed by atoms with Crippen molar-refractivity contribution in [1.82, 2.24) is 0 Å². The number of alkyl halides is 3. The van der Waals surface area contributed by atoms with Gasteiger partial charge in [0.1, 0.15) is 0 Å². The van der Waals surface area contributed by atoms with Crippen LogP contribution < -0.4 is 5.73 Å². The molecule has 0 bridgehead atoms. The van der Waals surface area contributed by atoms with Gasteiger partial charge >= 0.3 is 6.18 Å². The van der Waals surface area contributed by atoms with Gasteiger partial charge in [0.05, 0.1) is 13.2 Å². The molecule has 0 saturated carbocycles. The van der Waals surface area contributed by atoms with Crippen LogP contribution in [0.2, 0.25) is 0 Å². The fourth-order valence-corrected chi connectivity index (χ4v) is 0.933. The van der Waals surface area contributed by atoms with Gasteiger partial charge in [0.15, 0.2) is 6.10 Å². The quantitative estimate of drug-likeness (QED) is 0.679. The first-order valence-corrected chi connectivity index (χ1v) is 4.36. The number of hydrogen-bond acceptors (Lipinski definition) is 3. The van der Waals surface area contributed by atoms with Crippen LogP contribution in [0.5, 0.6) is 0 Å². The lowest BCUT2D eigenvalue weighted by atomic mass is 10.1. The van der Waals surface area contributed by atoms with Crippen molar-refractivity contribution in [2.45, 2.75) is 31.7 Å². The number of rotatable bonds is 6. The Balaban J connectivity index is 4.12. The zero-order valence-electron chi connectivity index (χ0n) is 8.30. The van der Waals surface area contributed by atoms with Gasteiger partial charge in [0.2, 0.25) is 0 Å². The Kier molecular flexibility index (Phi) is 6.06. The topological polar surface area (TPSA) is 44.5 Å². The molecule has 14 heavy (non-hydrogen) atoms. The SMILES string of the molecule is CCC(N)C(OCCOC)C(F)(F)F. The van der Waals surface area contributed by atoms with E-state index in [2.05, 4.69) is 9.47 Å². The van der Waals surface area contributed by atoms with E-state index in [0.29, 0.717) is 0 Å². The number of methoxy groups -OCH3 is 1. The summed E-state index contributed by atoms with van der Waals surface area (Å²) in [5.41, 5.74) is 5.30. The van der Waals surface area contributed by atoms with Crippen LogP contribution in [0, 0.1) is 0 Å². The molecule has 0 amide bonds. The van der Waals surface area contributed by atoms with Crippen LogP contribution in [0.1, 0.15) is 13.3 Å². The molecule has 0 rings (SSSR count). The molecule has 0 aromatic heterocycles. The van der Waals surface area contributed by atoms with Crippen molar-refractivity contribution in [2.24, 2.45) is 5.73 Å². The minimum absolute atomic E-state index is 0.103. The molecule has 6 heteroatoms. The van der Waals surface area contributed by atoms with Crippen LogP contribution in [0.4, 0.5) is 13.2 Å². The Morgan fingerprint density at radius 2 is 1.86 bits per heavy atom. The fraction of sp³-hybridized carbons (Fsp3) is 1.00. The zero-order chi connectivity index (χ0) is 11.2. The summed E-state index contributed by atoms with van der Waals surface area (Å²) in [7, 11) is 1.39. The van der Waals surface area contributed by atoms with Gasteiger partial charge in [-0.25, -0.2) is 0 Å². The number of ether oxygens (including phenoxy) is 2. The highest BCUT2D eigenvalue weighted by Crippen LogP contribution is 2.25. The van der Waals surface area contributed by atoms with Crippen molar-refractivity contribution >= 4 is 0 Å². The average molecular weight is 215 g/mol. The van der Waals surface area contributed by atoms with Crippen LogP contribution in [-0.2, 0) is 9.47 Å². The Morgan fingerprint density at radius 1 is 1.29 bits per heavy atom. The molecule has 0 aromatic rings. The Bertz CT molecular complexity index is 152. The standard InChI is InChI=1S/C8H16F3NO2/c1-3-6(12)7(8(9,10)11)14-5-4-13-2/h6-7H,3-5,12H2,1-2H3. The third-order valence-corrected chi connectivity index (χ3v) is 1.77. The van der Waals surface area contributed by atoms with E-state index in [4.69, 9.17) is 5.73 Å². The van der Waals surface area contributed by atoms with Gasteiger partial charge in [-0.3, -0.25) is 0 Å². The third-order valence-electron chi connectivity index (χ3n) is 1.77. The second-order valence-electron chi connectivity index (χ2n) is 2.90. The maximum Gasteiger partial charge on any atom is 0.416 e. The second-order valence-corrected chi connectivity index (χ2v) is 2.90. The number of halogens is 3. The summed E-state index contributed by atoms with van der Waals surface area (Å²) in [6, 6.07) is -1.02. The summed E-state index contributed by atoms with van der Waals surface area (Å²) in [5, 5.41) is 0. The van der Waals surface area contributed by atoms with Gasteiger partial charge in [-0.1, -0.05) is 6.92 Å². The van der Waals surface area contributed by atoms with E-state index in [1.165, 1.54) is 7.11 Å². The molecule has 0 heterocycles. The highest BCUT2D eigenvalue weighted by Gasteiger charge is 2.43. The summed E-state index contributed by atoms with van der Waals surface area (Å²) in [6.45, 7) is 1.61. The van der Waals surface area contributed by atoms with Crippen LogP contribution in [0.25, 0.3) is 0 Å². The summed E-state index contributed by atoms with van der Waals surface area (Å²) >= 11 is 0. The Morgan fingerprint density at radius 3 is 2.21 bits per heavy atom. The fourth-order valence-electron chi connectivity index (χ4n) is 0.933. The summed E-state index contributed by atoms with van der Waals surface area (Å²) in [5.74, 6) is 0. The van der Waals surface area contributed by atoms with Crippen molar-refractivity contribution in [3.8, 4) is 0 Å². The molecule has 2 atom stereocenters. The van der Waals surface area contributed by atoms with Crippen LogP contribution >= 0.6 is 0 Å². The van der Waals surface area contributed by atoms with Crippen LogP contribution in [0.3, 0.4) is 0 Å². The molecular weight excluding hydrogens is 199 g/mol. The van der Waals surface area contributed by atoms with Crippen molar-refractivity contribution in [3.63, 3.8) is 0 Å². The van der Waals surface area contributed by atoms with Gasteiger partial charge in [-0.15, -0.1) is 0 Å². The van der Waals surface area contributed by atoms with E-state index >= 15 is 0 Å². The van der Waals surface area contributed by atoms with Crippen LogP contribution in [0.15, 0.2) is 0 Å². The highest BCUT2D eigenvalue weighted by atomic mass is 19.4. The average Bonchev–Trinajstić information content (AvgIpc) is 2.09. The molecule has 0 spiro atoms. The van der Waals surface area contributed by atoms with Gasteiger partial charge in [0.25, 0.3) is 0 Å². The van der Waals surface area contributed by atoms with E-state index in [0.717, 1.165) is 0 Å². The number of hydrogen-bond donors (Lipinski definition) is 1. The maximum absolute atomic E-state index is 12.3. The van der Waals surface area contributed by atoms with Gasteiger partial charge in [-0.05, 0) is 6.42 Å². The smallest absolute Gasteiger partial charge is 0.382 e. The molecule has 0 aliphatic carbocycles. The minimum atomic E-state index is -4.41. The molecule has 0 aliphatic rings. The van der Waals surface area contributed by atoms with E-state index in [1.807, 2.05) is 0 Å². The highest BCUT2D eigenvalue weighted by molar-refractivity contribution is 4.78. The summed E-state index contributed by atoms with van der Waals surface area (Å²) in [4.78, 5) is 0. The molecule has 0 aliphatic heterocycles. The summed E-state index contributed by atoms with van der Waals surface area (Å²) < 4.78 is 46.2. The molecular formula is C8H16F3NO2. The molecule has 2 N–H and O–H groups in total. The third kappa shape index (κ3) is 4.78. The molecule has 3 nitrogen and oxygen atoms in total. The van der Waals surface area contributed by atoms with Crippen molar-refractivity contribution < 1.29 is 22.6 Å². The molecule has 0 fully saturated rings. The monoisotopic (exact) mass is 215 g/mol. The first kappa shape index (κ1) is 13.7. The molecule has 2 unspecified atom stereocenters. The lowest BCUT2D eigenvalue weighted by Gasteiger charge is -2.25. The maximum atomic E-state index is 12.3. The zero-order valence-corrected chi connectivity index (χ0v) is 8.30. The van der Waals surface area contributed by atoms with Gasteiger partial charge in [0, 0.05) is 13.2 Å². The normalized spacial score (nSPS) is 16.7.